The lowest BCUT2D eigenvalue weighted by molar-refractivity contribution is 0.178. The van der Waals surface area contributed by atoms with Crippen molar-refractivity contribution in [2.24, 2.45) is 0 Å². The molecule has 1 N–H and O–H groups in total. The van der Waals surface area contributed by atoms with Gasteiger partial charge in [0.25, 0.3) is 0 Å². The summed E-state index contributed by atoms with van der Waals surface area (Å²) >= 11 is 0. The fourth-order valence-corrected chi connectivity index (χ4v) is 2.55. The zero-order valence-corrected chi connectivity index (χ0v) is 11.5. The molecule has 0 radical (unpaired) electrons. The Morgan fingerprint density at radius 3 is 1.81 bits per heavy atom. The molecular formula is C14H13F5OS. The number of benzene rings is 2. The van der Waals surface area contributed by atoms with Crippen LogP contribution >= 0.6 is 10.2 Å². The third-order valence-corrected chi connectivity index (χ3v) is 4.15. The van der Waals surface area contributed by atoms with Gasteiger partial charge in [0.15, 0.2) is 0 Å². The Kier molecular flexibility index (Phi) is 3.34. The van der Waals surface area contributed by atoms with Crippen LogP contribution in [0.15, 0.2) is 59.5 Å². The number of rotatable bonds is 4. The Hall–Kier alpha value is -1.60. The van der Waals surface area contributed by atoms with Gasteiger partial charge in [-0.05, 0) is 23.3 Å². The molecule has 0 heterocycles. The Labute approximate surface area is 118 Å². The zero-order chi connectivity index (χ0) is 15.8. The predicted molar refractivity (Wildman–Crippen MR) is 72.9 cm³/mol. The van der Waals surface area contributed by atoms with E-state index in [1.54, 1.807) is 30.3 Å². The van der Waals surface area contributed by atoms with Crippen LogP contribution in [-0.2, 0) is 6.42 Å². The van der Waals surface area contributed by atoms with Gasteiger partial charge in [-0.25, -0.2) is 0 Å². The normalized spacial score (nSPS) is 16.9. The Balaban J connectivity index is 2.18. The number of halogens is 5. The first-order chi connectivity index (χ1) is 9.45. The molecule has 0 unspecified atom stereocenters. The van der Waals surface area contributed by atoms with Crippen LogP contribution in [0.4, 0.5) is 19.4 Å². The maximum atomic E-state index is 12.6. The van der Waals surface area contributed by atoms with Gasteiger partial charge in [0.05, 0.1) is 6.10 Å². The first kappa shape index (κ1) is 15.8. The highest BCUT2D eigenvalue weighted by atomic mass is 32.5. The molecule has 0 aliphatic rings. The van der Waals surface area contributed by atoms with Crippen molar-refractivity contribution in [3.05, 3.63) is 65.7 Å². The highest BCUT2D eigenvalue weighted by molar-refractivity contribution is 8.45. The largest absolute Gasteiger partial charge is 0.388 e. The molecule has 2 aromatic rings. The molecule has 0 amide bonds. The first-order valence-corrected chi connectivity index (χ1v) is 7.97. The molecule has 0 aliphatic carbocycles. The van der Waals surface area contributed by atoms with E-state index in [9.17, 15) is 24.5 Å². The summed E-state index contributed by atoms with van der Waals surface area (Å²) < 4.78 is 62.8. The molecule has 0 saturated carbocycles. The monoisotopic (exact) mass is 324 g/mol. The van der Waals surface area contributed by atoms with E-state index in [0.717, 1.165) is 12.1 Å². The zero-order valence-electron chi connectivity index (χ0n) is 10.7. The molecule has 0 aromatic heterocycles. The third-order valence-electron chi connectivity index (χ3n) is 2.98. The minimum absolute atomic E-state index is 0.0462. The maximum Gasteiger partial charge on any atom is 0.310 e. The summed E-state index contributed by atoms with van der Waals surface area (Å²) in [6.45, 7) is 0. The minimum atomic E-state index is -9.63. The van der Waals surface area contributed by atoms with E-state index in [1.165, 1.54) is 0 Å². The van der Waals surface area contributed by atoms with Gasteiger partial charge in [-0.1, -0.05) is 61.9 Å². The molecule has 7 heteroatoms. The van der Waals surface area contributed by atoms with Crippen molar-refractivity contribution in [1.82, 2.24) is 0 Å². The predicted octanol–water partition coefficient (Wildman–Crippen LogP) is 5.62. The fraction of sp³-hybridized carbons (Fsp3) is 0.143. The molecule has 116 valence electrons. The van der Waals surface area contributed by atoms with Crippen LogP contribution in [0.25, 0.3) is 0 Å². The van der Waals surface area contributed by atoms with Crippen molar-refractivity contribution in [2.75, 3.05) is 0 Å². The van der Waals surface area contributed by atoms with Crippen LogP contribution in [0, 0.1) is 0 Å². The van der Waals surface area contributed by atoms with E-state index in [1.807, 2.05) is 0 Å². The average molecular weight is 324 g/mol. The second-order valence-electron chi connectivity index (χ2n) is 4.74. The van der Waals surface area contributed by atoms with E-state index in [2.05, 4.69) is 0 Å². The Morgan fingerprint density at radius 1 is 0.810 bits per heavy atom. The van der Waals surface area contributed by atoms with E-state index in [-0.39, 0.29) is 6.42 Å². The van der Waals surface area contributed by atoms with Crippen LogP contribution < -0.4 is 0 Å². The molecule has 2 rings (SSSR count). The van der Waals surface area contributed by atoms with Crippen molar-refractivity contribution in [2.45, 2.75) is 17.4 Å². The Morgan fingerprint density at radius 2 is 1.33 bits per heavy atom. The number of aliphatic hydroxyl groups excluding tert-OH is 1. The van der Waals surface area contributed by atoms with E-state index < -0.39 is 21.2 Å². The summed E-state index contributed by atoms with van der Waals surface area (Å²) in [7, 11) is -9.63. The summed E-state index contributed by atoms with van der Waals surface area (Å²) in [5.41, 5.74) is 0.950. The van der Waals surface area contributed by atoms with Crippen molar-refractivity contribution in [1.29, 1.82) is 0 Å². The molecule has 21 heavy (non-hydrogen) atoms. The molecule has 2 aromatic carbocycles. The van der Waals surface area contributed by atoms with Crippen LogP contribution in [-0.4, -0.2) is 5.11 Å². The number of aliphatic hydroxyl groups is 1. The SMILES string of the molecule is O[C@@H](Cc1ccc(S(F)(F)(F)(F)F)cc1)c1ccccc1. The Bertz CT molecular complexity index is 622. The molecular weight excluding hydrogens is 311 g/mol. The third kappa shape index (κ3) is 4.18. The van der Waals surface area contributed by atoms with Gasteiger partial charge in [-0.2, -0.15) is 0 Å². The summed E-state index contributed by atoms with van der Waals surface area (Å²) in [5.74, 6) is 0. The lowest BCUT2D eigenvalue weighted by Gasteiger charge is -2.40. The van der Waals surface area contributed by atoms with Gasteiger partial charge in [0.1, 0.15) is 4.90 Å². The number of hydrogen-bond acceptors (Lipinski definition) is 1. The molecule has 1 nitrogen and oxygen atoms in total. The molecule has 0 fully saturated rings. The van der Waals surface area contributed by atoms with Crippen LogP contribution in [0.3, 0.4) is 0 Å². The minimum Gasteiger partial charge on any atom is -0.388 e. The van der Waals surface area contributed by atoms with E-state index in [0.29, 0.717) is 23.3 Å². The maximum absolute atomic E-state index is 12.6. The number of hydrogen-bond donors (Lipinski definition) is 1. The van der Waals surface area contributed by atoms with Gasteiger partial charge < -0.3 is 5.11 Å². The lowest BCUT2D eigenvalue weighted by Crippen LogP contribution is -2.06. The summed E-state index contributed by atoms with van der Waals surface area (Å²) in [6, 6.07) is 11.2. The van der Waals surface area contributed by atoms with Crippen molar-refractivity contribution < 1.29 is 24.5 Å². The molecule has 1 atom stereocenters. The van der Waals surface area contributed by atoms with E-state index in [4.69, 9.17) is 0 Å². The highest BCUT2D eigenvalue weighted by Gasteiger charge is 2.65. The molecule has 0 spiro atoms. The average Bonchev–Trinajstić information content (AvgIpc) is 2.37. The molecule has 0 saturated heterocycles. The van der Waals surface area contributed by atoms with Crippen LogP contribution in [0.5, 0.6) is 0 Å². The van der Waals surface area contributed by atoms with Gasteiger partial charge >= 0.3 is 10.2 Å². The lowest BCUT2D eigenvalue weighted by atomic mass is 10.0. The van der Waals surface area contributed by atoms with Crippen LogP contribution in [0.1, 0.15) is 17.2 Å². The smallest absolute Gasteiger partial charge is 0.310 e. The van der Waals surface area contributed by atoms with Crippen molar-refractivity contribution >= 4 is 10.2 Å². The van der Waals surface area contributed by atoms with Gasteiger partial charge in [-0.15, -0.1) is 0 Å². The quantitative estimate of drug-likeness (QED) is 0.724. The summed E-state index contributed by atoms with van der Waals surface area (Å²) in [6.07, 6.45) is -0.859. The highest BCUT2D eigenvalue weighted by Crippen LogP contribution is 3.02. The molecule has 0 bridgehead atoms. The van der Waals surface area contributed by atoms with E-state index >= 15 is 0 Å². The van der Waals surface area contributed by atoms with Gasteiger partial charge in [-0.3, -0.25) is 0 Å². The fourth-order valence-electron chi connectivity index (χ4n) is 1.90. The topological polar surface area (TPSA) is 20.2 Å². The second-order valence-corrected chi connectivity index (χ2v) is 7.15. The van der Waals surface area contributed by atoms with Crippen molar-refractivity contribution in [3.63, 3.8) is 0 Å². The summed E-state index contributed by atoms with van der Waals surface area (Å²) in [4.78, 5) is -1.92. The second kappa shape index (κ2) is 4.45. The van der Waals surface area contributed by atoms with Gasteiger partial charge in [0, 0.05) is 6.42 Å². The molecule has 0 aliphatic heterocycles. The van der Waals surface area contributed by atoms with Crippen molar-refractivity contribution in [3.8, 4) is 0 Å². The standard InChI is InChI=1S/C14H13F5OS/c15-21(16,17,18,19)13-8-6-11(7-9-13)10-14(20)12-4-2-1-3-5-12/h1-9,14,20H,10H2/t14-/m0/s1. The first-order valence-electron chi connectivity index (χ1n) is 6.02. The van der Waals surface area contributed by atoms with Crippen LogP contribution in [0.2, 0.25) is 0 Å². The summed E-state index contributed by atoms with van der Waals surface area (Å²) in [5, 5.41) is 9.94. The van der Waals surface area contributed by atoms with Gasteiger partial charge in [0.2, 0.25) is 0 Å².